The van der Waals surface area contributed by atoms with Crippen molar-refractivity contribution in [3.63, 3.8) is 0 Å². The maximum Gasteiger partial charge on any atom is 0.335 e. The summed E-state index contributed by atoms with van der Waals surface area (Å²) in [7, 11) is 0. The van der Waals surface area contributed by atoms with Gasteiger partial charge < -0.3 is 23.8 Å². The maximum absolute atomic E-state index is 12.5. The maximum atomic E-state index is 12.5. The minimum absolute atomic E-state index is 0.0586. The van der Waals surface area contributed by atoms with Gasteiger partial charge >= 0.3 is 5.97 Å². The summed E-state index contributed by atoms with van der Waals surface area (Å²) in [5.41, 5.74) is 1.52. The van der Waals surface area contributed by atoms with Gasteiger partial charge in [0.05, 0.1) is 18.7 Å². The second kappa shape index (κ2) is 10.6. The molecule has 7 heteroatoms. The lowest BCUT2D eigenvalue weighted by atomic mass is 10.1. The smallest absolute Gasteiger partial charge is 0.335 e. The van der Waals surface area contributed by atoms with Crippen LogP contribution in [0.3, 0.4) is 0 Å². The van der Waals surface area contributed by atoms with Crippen LogP contribution in [0.4, 0.5) is 0 Å². The number of esters is 1. The van der Waals surface area contributed by atoms with Gasteiger partial charge in [-0.15, -0.1) is 0 Å². The third kappa shape index (κ3) is 5.51. The molecule has 0 saturated heterocycles. The Balaban J connectivity index is 1.49. The lowest BCUT2D eigenvalue weighted by molar-refractivity contribution is -0.156. The van der Waals surface area contributed by atoms with Crippen LogP contribution in [0.15, 0.2) is 48.5 Å². The summed E-state index contributed by atoms with van der Waals surface area (Å²) in [5.74, 6) is 0.892. The molecule has 1 heterocycles. The molecule has 0 fully saturated rings. The lowest BCUT2D eigenvalue weighted by Crippen LogP contribution is -2.40. The molecule has 3 rings (SSSR count). The average Bonchev–Trinajstić information content (AvgIpc) is 2.76. The number of nitrogens with zero attached hydrogens (tertiary/aromatic N) is 1. The van der Waals surface area contributed by atoms with E-state index in [4.69, 9.17) is 18.9 Å². The second-order valence-electron chi connectivity index (χ2n) is 6.73. The number of hydrogen-bond acceptors (Lipinski definition) is 6. The van der Waals surface area contributed by atoms with Gasteiger partial charge in [0.2, 0.25) is 0 Å². The Morgan fingerprint density at radius 3 is 2.60 bits per heavy atom. The highest BCUT2D eigenvalue weighted by Crippen LogP contribution is 2.24. The van der Waals surface area contributed by atoms with Crippen LogP contribution in [-0.4, -0.2) is 56.0 Å². The number of fused-ring (bicyclic) bond motifs is 1. The number of ether oxygens (including phenoxy) is 4. The number of amides is 1. The topological polar surface area (TPSA) is 74.3 Å². The Morgan fingerprint density at radius 2 is 1.87 bits per heavy atom. The van der Waals surface area contributed by atoms with E-state index in [1.54, 1.807) is 24.0 Å². The largest absolute Gasteiger partial charge is 0.492 e. The van der Waals surface area contributed by atoms with Gasteiger partial charge in [0.1, 0.15) is 18.1 Å². The van der Waals surface area contributed by atoms with Crippen molar-refractivity contribution in [2.45, 2.75) is 26.4 Å². The molecule has 2 aromatic rings. The van der Waals surface area contributed by atoms with Crippen LogP contribution < -0.4 is 9.47 Å². The molecule has 1 atom stereocenters. The van der Waals surface area contributed by atoms with Gasteiger partial charge in [-0.1, -0.05) is 24.3 Å². The summed E-state index contributed by atoms with van der Waals surface area (Å²) < 4.78 is 21.9. The zero-order valence-corrected chi connectivity index (χ0v) is 17.3. The monoisotopic (exact) mass is 413 g/mol. The molecule has 0 aliphatic carbocycles. The van der Waals surface area contributed by atoms with Crippen LogP contribution in [-0.2, 0) is 20.7 Å². The van der Waals surface area contributed by atoms with E-state index in [9.17, 15) is 9.59 Å². The fourth-order valence-electron chi connectivity index (χ4n) is 3.17. The van der Waals surface area contributed by atoms with E-state index in [0.29, 0.717) is 49.8 Å². The molecule has 1 unspecified atom stereocenters. The summed E-state index contributed by atoms with van der Waals surface area (Å²) in [6.07, 6.45) is -0.180. The third-order valence-corrected chi connectivity index (χ3v) is 4.67. The molecular weight excluding hydrogens is 386 g/mol. The van der Waals surface area contributed by atoms with E-state index in [2.05, 4.69) is 0 Å². The Kier molecular flexibility index (Phi) is 7.68. The van der Waals surface area contributed by atoms with Gasteiger partial charge in [-0.2, -0.15) is 0 Å². The number of hydrogen-bond donors (Lipinski definition) is 0. The van der Waals surface area contributed by atoms with Gasteiger partial charge in [0, 0.05) is 13.0 Å². The molecule has 2 aromatic carbocycles. The Bertz CT molecular complexity index is 851. The molecule has 1 amide bonds. The van der Waals surface area contributed by atoms with E-state index < -0.39 is 6.10 Å². The molecule has 0 saturated carbocycles. The van der Waals surface area contributed by atoms with Crippen molar-refractivity contribution in [2.75, 3.05) is 33.1 Å². The van der Waals surface area contributed by atoms with Crippen molar-refractivity contribution >= 4 is 11.9 Å². The second-order valence-corrected chi connectivity index (χ2v) is 6.73. The van der Waals surface area contributed by atoms with Crippen molar-refractivity contribution in [3.05, 3.63) is 59.7 Å². The molecule has 0 N–H and O–H groups in total. The number of rotatable bonds is 10. The van der Waals surface area contributed by atoms with Crippen LogP contribution in [0.5, 0.6) is 11.5 Å². The van der Waals surface area contributed by atoms with Gasteiger partial charge in [-0.3, -0.25) is 4.79 Å². The van der Waals surface area contributed by atoms with Gasteiger partial charge in [-0.25, -0.2) is 4.79 Å². The van der Waals surface area contributed by atoms with Crippen LogP contribution >= 0.6 is 0 Å². The first-order chi connectivity index (χ1) is 14.6. The molecule has 160 valence electrons. The highest BCUT2D eigenvalue weighted by atomic mass is 16.6. The lowest BCUT2D eigenvalue weighted by Gasteiger charge is -2.28. The Hall–Kier alpha value is -3.06. The molecule has 0 radical (unpaired) electrons. The van der Waals surface area contributed by atoms with Crippen molar-refractivity contribution in [2.24, 2.45) is 0 Å². The standard InChI is InChI=1S/C23H27NO6/c1-3-27-21(23(26)28-4-2)15-17-9-11-18(12-10-17)29-14-13-24-16-30-20-8-6-5-7-19(20)22(24)25/h5-12,21H,3-4,13-16H2,1-2H3. The van der Waals surface area contributed by atoms with Crippen molar-refractivity contribution in [1.82, 2.24) is 4.90 Å². The fourth-order valence-corrected chi connectivity index (χ4v) is 3.17. The third-order valence-electron chi connectivity index (χ3n) is 4.67. The van der Waals surface area contributed by atoms with Crippen molar-refractivity contribution < 1.29 is 28.5 Å². The molecule has 1 aliphatic rings. The zero-order valence-electron chi connectivity index (χ0n) is 17.3. The van der Waals surface area contributed by atoms with Crippen molar-refractivity contribution in [3.8, 4) is 11.5 Å². The Labute approximate surface area is 176 Å². The van der Waals surface area contributed by atoms with E-state index in [0.717, 1.165) is 5.56 Å². The van der Waals surface area contributed by atoms with Crippen LogP contribution in [0.25, 0.3) is 0 Å². The SMILES string of the molecule is CCOC(=O)C(Cc1ccc(OCCN2COc3ccccc3C2=O)cc1)OCC. The zero-order chi connectivity index (χ0) is 21.3. The molecule has 30 heavy (non-hydrogen) atoms. The quantitative estimate of drug-likeness (QED) is 0.558. The van der Waals surface area contributed by atoms with Gasteiger partial charge in [0.25, 0.3) is 5.91 Å². The number of benzene rings is 2. The van der Waals surface area contributed by atoms with E-state index in [-0.39, 0.29) is 18.6 Å². The summed E-state index contributed by atoms with van der Waals surface area (Å²) in [6, 6.07) is 14.7. The van der Waals surface area contributed by atoms with Gasteiger partial charge in [0.15, 0.2) is 12.8 Å². The summed E-state index contributed by atoms with van der Waals surface area (Å²) >= 11 is 0. The number of para-hydroxylation sites is 1. The molecule has 0 spiro atoms. The van der Waals surface area contributed by atoms with Crippen LogP contribution in [0.1, 0.15) is 29.8 Å². The van der Waals surface area contributed by atoms with Crippen molar-refractivity contribution in [1.29, 1.82) is 0 Å². The minimum atomic E-state index is -0.616. The number of carbonyl (C=O) groups is 2. The predicted octanol–water partition coefficient (Wildman–Crippen LogP) is 3.07. The summed E-state index contributed by atoms with van der Waals surface area (Å²) in [5, 5.41) is 0. The van der Waals surface area contributed by atoms with Crippen LogP contribution in [0.2, 0.25) is 0 Å². The average molecular weight is 413 g/mol. The summed E-state index contributed by atoms with van der Waals surface area (Å²) in [4.78, 5) is 26.1. The molecule has 1 aliphatic heterocycles. The first kappa shape index (κ1) is 21.6. The fraction of sp³-hybridized carbons (Fsp3) is 0.391. The molecule has 0 bridgehead atoms. The van der Waals surface area contributed by atoms with E-state index in [1.807, 2.05) is 43.3 Å². The minimum Gasteiger partial charge on any atom is -0.492 e. The molecule has 7 nitrogen and oxygen atoms in total. The van der Waals surface area contributed by atoms with E-state index in [1.165, 1.54) is 0 Å². The highest BCUT2D eigenvalue weighted by Gasteiger charge is 2.25. The van der Waals surface area contributed by atoms with Gasteiger partial charge in [-0.05, 0) is 43.7 Å². The normalized spacial score (nSPS) is 13.9. The molecular formula is C23H27NO6. The molecule has 0 aromatic heterocycles. The number of carbonyl (C=O) groups excluding carboxylic acids is 2. The summed E-state index contributed by atoms with van der Waals surface area (Å²) in [6.45, 7) is 5.37. The predicted molar refractivity (Wildman–Crippen MR) is 111 cm³/mol. The van der Waals surface area contributed by atoms with Crippen LogP contribution in [0, 0.1) is 0 Å². The first-order valence-electron chi connectivity index (χ1n) is 10.1. The first-order valence-corrected chi connectivity index (χ1v) is 10.1. The highest BCUT2D eigenvalue weighted by molar-refractivity contribution is 5.97. The van der Waals surface area contributed by atoms with E-state index >= 15 is 0 Å². The Morgan fingerprint density at radius 1 is 1.10 bits per heavy atom.